The van der Waals surface area contributed by atoms with E-state index in [0.29, 0.717) is 25.9 Å². The van der Waals surface area contributed by atoms with Gasteiger partial charge in [0.1, 0.15) is 0 Å². The smallest absolute Gasteiger partial charge is 0.334 e. The van der Waals surface area contributed by atoms with E-state index in [1.165, 1.54) is 109 Å². The van der Waals surface area contributed by atoms with Crippen LogP contribution in [-0.2, 0) is 14.3 Å². The molecule has 0 aromatic heterocycles. The van der Waals surface area contributed by atoms with Gasteiger partial charge in [0.15, 0.2) is 6.10 Å². The Labute approximate surface area is 277 Å². The molecule has 2 N–H and O–H groups in total. The third-order valence-corrected chi connectivity index (χ3v) is 8.12. The van der Waals surface area contributed by atoms with Crippen LogP contribution in [0.1, 0.15) is 180 Å². The molecular formula is C40H70O5. The standard InChI is InChI=1S/C40H70O5/c1-2-3-4-5-6-7-8-9-10-14-17-20-23-26-29-32-35-38(41)40(44)45-37-34-31-28-25-22-19-16-13-11-12-15-18-21-24-27-30-33-36-39(42)43/h6-7,9-10,17,20,26,29,38,41H,2-5,8,11-16,18-19,21-25,27-28,30-37H2,1H3,(H,42,43). The minimum Gasteiger partial charge on any atom is -0.481 e. The Bertz CT molecular complexity index is 767. The number of rotatable bonds is 34. The van der Waals surface area contributed by atoms with E-state index in [1.807, 2.05) is 6.08 Å². The van der Waals surface area contributed by atoms with Gasteiger partial charge in [0.25, 0.3) is 0 Å². The van der Waals surface area contributed by atoms with E-state index in [2.05, 4.69) is 49.5 Å². The molecule has 5 nitrogen and oxygen atoms in total. The maximum atomic E-state index is 12.0. The number of carboxylic acid groups (broad SMARTS) is 1. The summed E-state index contributed by atoms with van der Waals surface area (Å²) in [4.78, 5) is 22.5. The molecule has 0 radical (unpaired) electrons. The molecule has 0 aromatic carbocycles. The van der Waals surface area contributed by atoms with Crippen LogP contribution in [0.2, 0.25) is 0 Å². The first-order valence-corrected chi connectivity index (χ1v) is 18.7. The van der Waals surface area contributed by atoms with Crippen molar-refractivity contribution in [2.45, 2.75) is 186 Å². The normalized spacial score (nSPS) is 12.8. The topological polar surface area (TPSA) is 83.8 Å². The second-order valence-corrected chi connectivity index (χ2v) is 12.5. The lowest BCUT2D eigenvalue weighted by Crippen LogP contribution is -2.23. The molecular weight excluding hydrogens is 560 g/mol. The van der Waals surface area contributed by atoms with E-state index in [9.17, 15) is 14.7 Å². The number of carbonyl (C=O) groups excluding carboxylic acids is 1. The number of aliphatic hydroxyl groups is 1. The fourth-order valence-electron chi connectivity index (χ4n) is 5.23. The summed E-state index contributed by atoms with van der Waals surface area (Å²) in [7, 11) is 0. The fraction of sp³-hybridized carbons (Fsp3) is 0.750. The van der Waals surface area contributed by atoms with E-state index < -0.39 is 18.0 Å². The lowest BCUT2D eigenvalue weighted by molar-refractivity contribution is -0.154. The molecule has 0 aromatic rings. The maximum absolute atomic E-state index is 12.0. The van der Waals surface area contributed by atoms with Gasteiger partial charge in [-0.2, -0.15) is 0 Å². The number of hydrogen-bond donors (Lipinski definition) is 2. The van der Waals surface area contributed by atoms with Crippen molar-refractivity contribution in [1.29, 1.82) is 0 Å². The highest BCUT2D eigenvalue weighted by Crippen LogP contribution is 2.14. The Hall–Kier alpha value is -2.14. The summed E-state index contributed by atoms with van der Waals surface area (Å²) in [5, 5.41) is 18.7. The molecule has 1 atom stereocenters. The lowest BCUT2D eigenvalue weighted by atomic mass is 10.0. The van der Waals surface area contributed by atoms with Gasteiger partial charge in [0.2, 0.25) is 0 Å². The van der Waals surface area contributed by atoms with Crippen molar-refractivity contribution in [1.82, 2.24) is 0 Å². The molecule has 0 aliphatic heterocycles. The zero-order valence-electron chi connectivity index (χ0n) is 29.1. The third-order valence-electron chi connectivity index (χ3n) is 8.12. The number of aliphatic hydroxyl groups excluding tert-OH is 1. The van der Waals surface area contributed by atoms with Gasteiger partial charge in [0.05, 0.1) is 6.61 Å². The van der Waals surface area contributed by atoms with Gasteiger partial charge in [-0.1, -0.05) is 165 Å². The van der Waals surface area contributed by atoms with Crippen molar-refractivity contribution >= 4 is 11.9 Å². The summed E-state index contributed by atoms with van der Waals surface area (Å²) in [6.07, 6.45) is 46.3. The molecule has 0 saturated carbocycles. The molecule has 0 bridgehead atoms. The van der Waals surface area contributed by atoms with Gasteiger partial charge >= 0.3 is 11.9 Å². The van der Waals surface area contributed by atoms with Gasteiger partial charge in [-0.25, -0.2) is 4.79 Å². The van der Waals surface area contributed by atoms with Crippen molar-refractivity contribution in [2.75, 3.05) is 6.61 Å². The monoisotopic (exact) mass is 631 g/mol. The third kappa shape index (κ3) is 36.2. The predicted octanol–water partition coefficient (Wildman–Crippen LogP) is 11.8. The fourth-order valence-corrected chi connectivity index (χ4v) is 5.23. The van der Waals surface area contributed by atoms with E-state index in [1.54, 1.807) is 0 Å². The lowest BCUT2D eigenvalue weighted by Gasteiger charge is -2.09. The minimum atomic E-state index is -1.03. The number of carbonyl (C=O) groups is 2. The first-order valence-electron chi connectivity index (χ1n) is 18.7. The zero-order chi connectivity index (χ0) is 32.9. The van der Waals surface area contributed by atoms with Crippen molar-refractivity contribution < 1.29 is 24.5 Å². The molecule has 1 unspecified atom stereocenters. The van der Waals surface area contributed by atoms with Crippen LogP contribution >= 0.6 is 0 Å². The largest absolute Gasteiger partial charge is 0.481 e. The molecule has 0 spiro atoms. The average Bonchev–Trinajstić information content (AvgIpc) is 3.03. The Morgan fingerprint density at radius 2 is 0.933 bits per heavy atom. The second-order valence-electron chi connectivity index (χ2n) is 12.5. The average molecular weight is 631 g/mol. The summed E-state index contributed by atoms with van der Waals surface area (Å²) in [6.45, 7) is 2.64. The quantitative estimate of drug-likeness (QED) is 0.0420. The van der Waals surface area contributed by atoms with Gasteiger partial charge in [-0.3, -0.25) is 4.79 Å². The van der Waals surface area contributed by atoms with Crippen LogP contribution < -0.4 is 0 Å². The van der Waals surface area contributed by atoms with Crippen molar-refractivity contribution in [2.24, 2.45) is 0 Å². The van der Waals surface area contributed by atoms with E-state index in [4.69, 9.17) is 9.84 Å². The first-order chi connectivity index (χ1) is 22.1. The maximum Gasteiger partial charge on any atom is 0.334 e. The molecule has 0 rings (SSSR count). The number of hydrogen-bond acceptors (Lipinski definition) is 4. The number of aliphatic carboxylic acids is 1. The molecule has 0 fully saturated rings. The highest BCUT2D eigenvalue weighted by Gasteiger charge is 2.15. The summed E-state index contributed by atoms with van der Waals surface area (Å²) < 4.78 is 5.27. The van der Waals surface area contributed by atoms with E-state index >= 15 is 0 Å². The molecule has 260 valence electrons. The van der Waals surface area contributed by atoms with Crippen molar-refractivity contribution in [3.8, 4) is 0 Å². The van der Waals surface area contributed by atoms with Crippen molar-refractivity contribution in [3.63, 3.8) is 0 Å². The molecule has 0 amide bonds. The summed E-state index contributed by atoms with van der Waals surface area (Å²) in [5.74, 6) is -1.16. The number of esters is 1. The number of carboxylic acids is 1. The number of ether oxygens (including phenoxy) is 1. The van der Waals surface area contributed by atoms with E-state index in [-0.39, 0.29) is 0 Å². The number of unbranched alkanes of at least 4 members (excludes halogenated alkanes) is 19. The van der Waals surface area contributed by atoms with Gasteiger partial charge in [-0.15, -0.1) is 0 Å². The molecule has 0 saturated heterocycles. The minimum absolute atomic E-state index is 0.317. The first kappa shape index (κ1) is 42.9. The van der Waals surface area contributed by atoms with Crippen LogP contribution in [0.4, 0.5) is 0 Å². The highest BCUT2D eigenvalue weighted by molar-refractivity contribution is 5.74. The SMILES string of the molecule is CCCCCC=CCC=CCC=CCC=CCCC(O)C(=O)OCCCCCCCCCCCCCCCCCCCC(=O)O. The van der Waals surface area contributed by atoms with Crippen LogP contribution in [-0.4, -0.2) is 34.9 Å². The molecule has 0 aliphatic rings. The summed E-state index contributed by atoms with van der Waals surface area (Å²) in [5.41, 5.74) is 0. The highest BCUT2D eigenvalue weighted by atomic mass is 16.5. The molecule has 0 aliphatic carbocycles. The Balaban J connectivity index is 3.42. The zero-order valence-corrected chi connectivity index (χ0v) is 29.1. The summed E-state index contributed by atoms with van der Waals surface area (Å²) >= 11 is 0. The molecule has 45 heavy (non-hydrogen) atoms. The van der Waals surface area contributed by atoms with Gasteiger partial charge in [-0.05, 0) is 57.8 Å². The van der Waals surface area contributed by atoms with Crippen LogP contribution in [0.5, 0.6) is 0 Å². The van der Waals surface area contributed by atoms with Crippen LogP contribution in [0.15, 0.2) is 48.6 Å². The van der Waals surface area contributed by atoms with Gasteiger partial charge < -0.3 is 14.9 Å². The van der Waals surface area contributed by atoms with Gasteiger partial charge in [0, 0.05) is 6.42 Å². The van der Waals surface area contributed by atoms with Crippen molar-refractivity contribution in [3.05, 3.63) is 48.6 Å². The predicted molar refractivity (Wildman–Crippen MR) is 191 cm³/mol. The Kier molecular flexibility index (Phi) is 34.6. The Morgan fingerprint density at radius 1 is 0.533 bits per heavy atom. The summed E-state index contributed by atoms with van der Waals surface area (Å²) in [6, 6.07) is 0. The molecule has 5 heteroatoms. The number of allylic oxidation sites excluding steroid dienone is 8. The molecule has 0 heterocycles. The van der Waals surface area contributed by atoms with E-state index in [0.717, 1.165) is 44.9 Å². The van der Waals surface area contributed by atoms with Crippen LogP contribution in [0, 0.1) is 0 Å². The Morgan fingerprint density at radius 3 is 1.38 bits per heavy atom. The second kappa shape index (κ2) is 36.3. The van der Waals surface area contributed by atoms with Crippen LogP contribution in [0.25, 0.3) is 0 Å². The van der Waals surface area contributed by atoms with Crippen LogP contribution in [0.3, 0.4) is 0 Å².